The zero-order valence-corrected chi connectivity index (χ0v) is 16.0. The first-order valence-electron chi connectivity index (χ1n) is 8.15. The average molecular weight is 408 g/mol. The number of halogens is 1. The van der Waals surface area contributed by atoms with Gasteiger partial charge in [0.05, 0.1) is 27.3 Å². The lowest BCUT2D eigenvalue weighted by Crippen LogP contribution is -2.26. The fourth-order valence-electron chi connectivity index (χ4n) is 2.50. The Morgan fingerprint density at radius 1 is 1.26 bits per heavy atom. The molecule has 142 valence electrons. The molecule has 0 spiro atoms. The van der Waals surface area contributed by atoms with Crippen molar-refractivity contribution >= 4 is 44.8 Å². The number of anilines is 2. The number of amides is 2. The normalized spacial score (nSPS) is 16.4. The van der Waals surface area contributed by atoms with E-state index in [4.69, 9.17) is 0 Å². The fourth-order valence-corrected chi connectivity index (χ4v) is 4.69. The Morgan fingerprint density at radius 2 is 2.00 bits per heavy atom. The summed E-state index contributed by atoms with van der Waals surface area (Å²) in [5.74, 6) is -1.81. The monoisotopic (exact) mass is 408 g/mol. The van der Waals surface area contributed by atoms with Crippen LogP contribution in [0.4, 0.5) is 15.8 Å². The number of rotatable bonds is 5. The van der Waals surface area contributed by atoms with Crippen molar-refractivity contribution in [2.45, 2.75) is 28.4 Å². The zero-order valence-electron chi connectivity index (χ0n) is 14.4. The third kappa shape index (κ3) is 4.48. The van der Waals surface area contributed by atoms with Gasteiger partial charge in [0.15, 0.2) is 9.84 Å². The van der Waals surface area contributed by atoms with Crippen LogP contribution in [-0.4, -0.2) is 31.2 Å². The van der Waals surface area contributed by atoms with Crippen LogP contribution in [0.3, 0.4) is 0 Å². The van der Waals surface area contributed by atoms with Crippen molar-refractivity contribution in [1.82, 2.24) is 0 Å². The smallest absolute Gasteiger partial charge is 0.237 e. The maximum absolute atomic E-state index is 13.5. The zero-order chi connectivity index (χ0) is 19.6. The van der Waals surface area contributed by atoms with Crippen LogP contribution >= 0.6 is 11.8 Å². The Morgan fingerprint density at radius 3 is 2.74 bits per heavy atom. The molecule has 2 aromatic carbocycles. The van der Waals surface area contributed by atoms with Gasteiger partial charge in [-0.2, -0.15) is 0 Å². The minimum Gasteiger partial charge on any atom is -0.324 e. The molecule has 0 fully saturated rings. The molecule has 2 amide bonds. The van der Waals surface area contributed by atoms with Gasteiger partial charge in [0.25, 0.3) is 0 Å². The molecule has 2 N–H and O–H groups in total. The Kier molecular flexibility index (Phi) is 5.52. The van der Waals surface area contributed by atoms with Gasteiger partial charge in [-0.05, 0) is 37.3 Å². The second-order valence-corrected chi connectivity index (χ2v) is 9.50. The molecule has 2 aromatic rings. The minimum atomic E-state index is -3.74. The van der Waals surface area contributed by atoms with E-state index in [9.17, 15) is 22.4 Å². The van der Waals surface area contributed by atoms with E-state index < -0.39 is 27.3 Å². The summed E-state index contributed by atoms with van der Waals surface area (Å²) in [6.45, 7) is 1.77. The summed E-state index contributed by atoms with van der Waals surface area (Å²) in [5.41, 5.74) is 0.447. The Hall–Kier alpha value is -2.39. The van der Waals surface area contributed by atoms with Crippen LogP contribution in [0.25, 0.3) is 0 Å². The van der Waals surface area contributed by atoms with Gasteiger partial charge in [-0.1, -0.05) is 12.1 Å². The summed E-state index contributed by atoms with van der Waals surface area (Å²) in [5, 5.41) is 4.79. The predicted octanol–water partition coefficient (Wildman–Crippen LogP) is 3.06. The molecule has 0 saturated carbocycles. The highest BCUT2D eigenvalue weighted by Gasteiger charge is 2.25. The van der Waals surface area contributed by atoms with Crippen molar-refractivity contribution in [3.63, 3.8) is 0 Å². The number of carbonyl (C=O) groups excluding carboxylic acids is 2. The lowest BCUT2D eigenvalue weighted by molar-refractivity contribution is -0.116. The molecule has 27 heavy (non-hydrogen) atoms. The van der Waals surface area contributed by atoms with Crippen molar-refractivity contribution in [1.29, 1.82) is 0 Å². The summed E-state index contributed by atoms with van der Waals surface area (Å²) < 4.78 is 38.6. The van der Waals surface area contributed by atoms with Gasteiger partial charge in [0.2, 0.25) is 11.8 Å². The number of benzene rings is 2. The van der Waals surface area contributed by atoms with E-state index in [2.05, 4.69) is 10.6 Å². The Labute approximate surface area is 160 Å². The first-order valence-corrected chi connectivity index (χ1v) is 10.7. The summed E-state index contributed by atoms with van der Waals surface area (Å²) in [4.78, 5) is 24.5. The topological polar surface area (TPSA) is 92.3 Å². The number of nitrogens with one attached hydrogen (secondary N) is 2. The van der Waals surface area contributed by atoms with E-state index in [1.165, 1.54) is 42.1 Å². The van der Waals surface area contributed by atoms with E-state index in [0.717, 1.165) is 4.90 Å². The minimum absolute atomic E-state index is 0.00235. The highest BCUT2D eigenvalue weighted by Crippen LogP contribution is 2.36. The van der Waals surface area contributed by atoms with Crippen molar-refractivity contribution in [3.05, 3.63) is 48.3 Å². The molecule has 0 bridgehead atoms. The number of hydrogen-bond acceptors (Lipinski definition) is 5. The molecule has 1 aliphatic heterocycles. The van der Waals surface area contributed by atoms with Crippen molar-refractivity contribution in [2.75, 3.05) is 16.4 Å². The molecule has 0 aromatic heterocycles. The van der Waals surface area contributed by atoms with Crippen molar-refractivity contribution < 1.29 is 22.4 Å². The number of hydrogen-bond donors (Lipinski definition) is 2. The quantitative estimate of drug-likeness (QED) is 0.793. The molecule has 0 aliphatic carbocycles. The second-order valence-electron chi connectivity index (χ2n) is 6.00. The predicted molar refractivity (Wildman–Crippen MR) is 102 cm³/mol. The van der Waals surface area contributed by atoms with Crippen LogP contribution in [0.5, 0.6) is 0 Å². The highest BCUT2D eigenvalue weighted by atomic mass is 32.2. The van der Waals surface area contributed by atoms with E-state index in [0.29, 0.717) is 5.69 Å². The third-order valence-corrected chi connectivity index (χ3v) is 6.88. The average Bonchev–Trinajstić information content (AvgIpc) is 2.62. The van der Waals surface area contributed by atoms with Gasteiger partial charge in [0, 0.05) is 11.3 Å². The Balaban J connectivity index is 1.68. The molecule has 1 aliphatic rings. The van der Waals surface area contributed by atoms with Crippen LogP contribution in [-0.2, 0) is 19.4 Å². The second kappa shape index (κ2) is 7.69. The van der Waals surface area contributed by atoms with E-state index >= 15 is 0 Å². The molecule has 6 nitrogen and oxygen atoms in total. The van der Waals surface area contributed by atoms with Gasteiger partial charge in [-0.15, -0.1) is 11.8 Å². The molecule has 1 atom stereocenters. The lowest BCUT2D eigenvalue weighted by Gasteiger charge is -2.21. The first kappa shape index (κ1) is 19.4. The maximum Gasteiger partial charge on any atom is 0.237 e. The number of fused-ring (bicyclic) bond motifs is 1. The molecule has 0 saturated heterocycles. The molecule has 1 heterocycles. The number of para-hydroxylation sites is 1. The van der Waals surface area contributed by atoms with Gasteiger partial charge in [0.1, 0.15) is 5.82 Å². The highest BCUT2D eigenvalue weighted by molar-refractivity contribution is 8.01. The molecule has 3 rings (SSSR count). The third-order valence-electron chi connectivity index (χ3n) is 3.99. The maximum atomic E-state index is 13.5. The van der Waals surface area contributed by atoms with Crippen molar-refractivity contribution in [3.8, 4) is 0 Å². The number of carbonyl (C=O) groups is 2. The molecule has 0 radical (unpaired) electrons. The van der Waals surface area contributed by atoms with Gasteiger partial charge < -0.3 is 10.6 Å². The van der Waals surface area contributed by atoms with Crippen LogP contribution < -0.4 is 10.6 Å². The molecular weight excluding hydrogens is 391 g/mol. The van der Waals surface area contributed by atoms with Crippen LogP contribution in [0.2, 0.25) is 0 Å². The van der Waals surface area contributed by atoms with E-state index in [1.807, 2.05) is 0 Å². The van der Waals surface area contributed by atoms with Crippen LogP contribution in [0.1, 0.15) is 13.3 Å². The summed E-state index contributed by atoms with van der Waals surface area (Å²) in [6.07, 6.45) is -0.314. The van der Waals surface area contributed by atoms with E-state index in [1.54, 1.807) is 19.1 Å². The number of thioether (sulfide) groups is 1. The summed E-state index contributed by atoms with van der Waals surface area (Å²) >= 11 is 1.35. The largest absolute Gasteiger partial charge is 0.324 e. The van der Waals surface area contributed by atoms with Crippen LogP contribution in [0.15, 0.2) is 52.3 Å². The Bertz CT molecular complexity index is 1010. The van der Waals surface area contributed by atoms with Gasteiger partial charge in [-0.25, -0.2) is 12.8 Å². The lowest BCUT2D eigenvalue weighted by atomic mass is 10.3. The standard InChI is InChI=1S/C18H17FN2O4S2/c1-11-18(23)21-15-10-12(6-7-16(15)26-11)27(24,25)9-8-17(22)20-14-5-3-2-4-13(14)19/h2-7,10-11H,8-9H2,1H3,(H,20,22)(H,21,23)/t11-/m0/s1. The summed E-state index contributed by atoms with van der Waals surface area (Å²) in [7, 11) is -3.74. The SMILES string of the molecule is C[C@@H]1Sc2ccc(S(=O)(=O)CCC(=O)Nc3ccccc3F)cc2NC1=O. The molecular formula is C18H17FN2O4S2. The molecule has 9 heteroatoms. The number of sulfone groups is 1. The van der Waals surface area contributed by atoms with Gasteiger partial charge >= 0.3 is 0 Å². The first-order chi connectivity index (χ1) is 12.8. The van der Waals surface area contributed by atoms with Gasteiger partial charge in [-0.3, -0.25) is 9.59 Å². The molecule has 0 unspecified atom stereocenters. The summed E-state index contributed by atoms with van der Waals surface area (Å²) in [6, 6.07) is 10.1. The van der Waals surface area contributed by atoms with E-state index in [-0.39, 0.29) is 28.2 Å². The van der Waals surface area contributed by atoms with Crippen LogP contribution in [0, 0.1) is 5.82 Å². The van der Waals surface area contributed by atoms with Crippen molar-refractivity contribution in [2.24, 2.45) is 0 Å². The fraction of sp³-hybridized carbons (Fsp3) is 0.222.